The Morgan fingerprint density at radius 2 is 1.39 bits per heavy atom. The lowest BCUT2D eigenvalue weighted by Crippen LogP contribution is -2.59. The molecule has 0 fully saturated rings. The summed E-state index contributed by atoms with van der Waals surface area (Å²) in [7, 11) is 6.84. The number of Topliss-reactive ketones (excluding diaryl/α,β-unsaturated/α-hetero) is 2. The zero-order valence-electron chi connectivity index (χ0n) is 46.2. The predicted octanol–water partition coefficient (Wildman–Crippen LogP) is 5.94. The van der Waals surface area contributed by atoms with E-state index in [1.807, 2.05) is 125 Å². The van der Waals surface area contributed by atoms with Crippen molar-refractivity contribution in [2.75, 3.05) is 54.6 Å². The number of amides is 5. The fraction of sp³-hybridized carbons (Fsp3) is 0.759. The highest BCUT2D eigenvalue weighted by atomic mass is 16.7. The zero-order chi connectivity index (χ0) is 54.2. The normalized spacial score (nSPS) is 16.1. The van der Waals surface area contributed by atoms with Crippen molar-refractivity contribution >= 4 is 41.3 Å². The first kappa shape index (κ1) is 64.6. The lowest BCUT2D eigenvalue weighted by atomic mass is 9.74. The molecule has 0 saturated carbocycles. The van der Waals surface area contributed by atoms with Gasteiger partial charge in [-0.3, -0.25) is 33.7 Å². The van der Waals surface area contributed by atoms with E-state index in [2.05, 4.69) is 28.2 Å². The van der Waals surface area contributed by atoms with Crippen LogP contribution in [-0.2, 0) is 49.4 Å². The molecule has 0 saturated heterocycles. The topological polar surface area (TPSA) is 222 Å². The molecule has 0 heterocycles. The number of benzene rings is 1. The van der Waals surface area contributed by atoms with Crippen molar-refractivity contribution in [3.05, 3.63) is 35.9 Å². The number of hydrogen-bond acceptors (Lipinski definition) is 12. The Morgan fingerprint density at radius 3 is 1.92 bits per heavy atom. The average molecular weight is 1000 g/mol. The lowest BCUT2D eigenvalue weighted by molar-refractivity contribution is -0.181. The fourth-order valence-corrected chi connectivity index (χ4v) is 8.95. The Balaban J connectivity index is 2.99. The molecule has 17 heteroatoms. The predicted molar refractivity (Wildman–Crippen MR) is 277 cm³/mol. The van der Waals surface area contributed by atoms with Gasteiger partial charge in [0.05, 0.1) is 18.8 Å². The Labute approximate surface area is 426 Å². The third-order valence-electron chi connectivity index (χ3n) is 13.7. The van der Waals surface area contributed by atoms with Crippen LogP contribution in [0.2, 0.25) is 0 Å². The van der Waals surface area contributed by atoms with Gasteiger partial charge in [0.1, 0.15) is 30.3 Å². The molecule has 0 aromatic heterocycles. The van der Waals surface area contributed by atoms with Crippen LogP contribution in [0.25, 0.3) is 0 Å². The summed E-state index contributed by atoms with van der Waals surface area (Å²) in [6.07, 6.45) is 0.673. The molecular formula is C54H94N6O11. The molecule has 406 valence electrons. The minimum Gasteiger partial charge on any atom is -0.444 e. The maximum atomic E-state index is 14.3. The average Bonchev–Trinajstić information content (AvgIpc) is 3.31. The number of aliphatic hydroxyl groups is 1. The lowest BCUT2D eigenvalue weighted by Gasteiger charge is -2.41. The molecular weight excluding hydrogens is 909 g/mol. The SMILES string of the molecule is CCC(CO)OC(COC(=O)NCCC(=O)C[C@@H](C(=O)CCCCNC(=O)[C@@H](Cc1ccccc1)NC(=O)C(C)[C@H](C)[C@@H]([C@H](C)CC)N(C)C(=O)[C@H](NC(=O)[C@@H](C(C)C)N(C)C)C(C)C)C(C)(C)C)OC. The third-order valence-corrected chi connectivity index (χ3v) is 13.7. The highest BCUT2D eigenvalue weighted by molar-refractivity contribution is 5.91. The van der Waals surface area contributed by atoms with Crippen LogP contribution in [0.5, 0.6) is 0 Å². The number of ketones is 2. The number of carbonyl (C=O) groups is 7. The van der Waals surface area contributed by atoms with E-state index in [1.54, 1.807) is 11.9 Å². The number of unbranched alkanes of at least 4 members (excludes halogenated alkanes) is 1. The number of alkyl carbamates (subject to hydrolysis) is 1. The summed E-state index contributed by atoms with van der Waals surface area (Å²) in [6, 6.07) is 6.98. The number of methoxy groups -OCH3 is 1. The van der Waals surface area contributed by atoms with Crippen LogP contribution in [0, 0.1) is 40.9 Å². The fourth-order valence-electron chi connectivity index (χ4n) is 8.95. The van der Waals surface area contributed by atoms with Crippen molar-refractivity contribution in [2.45, 2.75) is 171 Å². The van der Waals surface area contributed by atoms with Gasteiger partial charge in [-0.15, -0.1) is 0 Å². The van der Waals surface area contributed by atoms with Crippen molar-refractivity contribution < 1.29 is 52.9 Å². The maximum Gasteiger partial charge on any atom is 0.407 e. The highest BCUT2D eigenvalue weighted by Crippen LogP contribution is 2.32. The van der Waals surface area contributed by atoms with Crippen LogP contribution in [-0.4, -0.2) is 147 Å². The minimum atomic E-state index is -0.900. The molecule has 0 aliphatic rings. The number of ether oxygens (including phenoxy) is 3. The second-order valence-electron chi connectivity index (χ2n) is 21.3. The molecule has 71 heavy (non-hydrogen) atoms. The van der Waals surface area contributed by atoms with Crippen LogP contribution in [0.1, 0.15) is 134 Å². The minimum absolute atomic E-state index is 0.00678. The molecule has 5 N–H and O–H groups in total. The van der Waals surface area contributed by atoms with Gasteiger partial charge >= 0.3 is 6.09 Å². The van der Waals surface area contributed by atoms with E-state index in [4.69, 9.17) is 14.2 Å². The van der Waals surface area contributed by atoms with Crippen molar-refractivity contribution in [3.8, 4) is 0 Å². The molecule has 10 atom stereocenters. The number of likely N-dealkylation sites (N-methyl/N-ethyl adjacent to an activating group) is 2. The summed E-state index contributed by atoms with van der Waals surface area (Å²) in [5.74, 6) is -2.99. The van der Waals surface area contributed by atoms with Gasteiger partial charge in [-0.25, -0.2) is 4.79 Å². The molecule has 1 rings (SSSR count). The van der Waals surface area contributed by atoms with Gasteiger partial charge in [-0.05, 0) is 68.0 Å². The van der Waals surface area contributed by atoms with E-state index in [0.29, 0.717) is 19.3 Å². The first-order valence-electron chi connectivity index (χ1n) is 25.8. The zero-order valence-corrected chi connectivity index (χ0v) is 46.2. The summed E-state index contributed by atoms with van der Waals surface area (Å²) in [6.45, 7) is 23.1. The van der Waals surface area contributed by atoms with Gasteiger partial charge in [0.2, 0.25) is 23.6 Å². The third kappa shape index (κ3) is 22.5. The number of carbonyl (C=O) groups excluding carboxylic acids is 7. The number of aliphatic hydroxyl groups excluding tert-OH is 1. The molecule has 5 amide bonds. The molecule has 0 bridgehead atoms. The van der Waals surface area contributed by atoms with E-state index < -0.39 is 53.9 Å². The van der Waals surface area contributed by atoms with E-state index >= 15 is 0 Å². The molecule has 0 aliphatic carbocycles. The second kappa shape index (κ2) is 32.6. The van der Waals surface area contributed by atoms with Gasteiger partial charge in [0, 0.05) is 70.8 Å². The van der Waals surface area contributed by atoms with Crippen LogP contribution >= 0.6 is 0 Å². The van der Waals surface area contributed by atoms with Gasteiger partial charge in [0.15, 0.2) is 6.29 Å². The Hall–Kier alpha value is -4.45. The molecule has 0 aliphatic heterocycles. The number of hydrogen-bond donors (Lipinski definition) is 5. The van der Waals surface area contributed by atoms with Crippen LogP contribution in [0.3, 0.4) is 0 Å². The molecule has 1 aromatic rings. The molecule has 0 radical (unpaired) electrons. The van der Waals surface area contributed by atoms with Crippen molar-refractivity contribution in [1.82, 2.24) is 31.1 Å². The van der Waals surface area contributed by atoms with Crippen molar-refractivity contribution in [1.29, 1.82) is 0 Å². The van der Waals surface area contributed by atoms with E-state index in [-0.39, 0.29) is 117 Å². The van der Waals surface area contributed by atoms with E-state index in [1.165, 1.54) is 7.11 Å². The summed E-state index contributed by atoms with van der Waals surface area (Å²) >= 11 is 0. The summed E-state index contributed by atoms with van der Waals surface area (Å²) in [4.78, 5) is 98.3. The number of rotatable bonds is 34. The monoisotopic (exact) mass is 1000 g/mol. The smallest absolute Gasteiger partial charge is 0.407 e. The largest absolute Gasteiger partial charge is 0.444 e. The van der Waals surface area contributed by atoms with Crippen molar-refractivity contribution in [3.63, 3.8) is 0 Å². The first-order chi connectivity index (χ1) is 33.2. The van der Waals surface area contributed by atoms with E-state index in [9.17, 15) is 38.7 Å². The maximum absolute atomic E-state index is 14.3. The van der Waals surface area contributed by atoms with Gasteiger partial charge in [-0.2, -0.15) is 0 Å². The molecule has 3 unspecified atom stereocenters. The van der Waals surface area contributed by atoms with Gasteiger partial charge < -0.3 is 45.5 Å². The number of nitrogens with zero attached hydrogens (tertiary/aromatic N) is 2. The number of nitrogens with one attached hydrogen (secondary N) is 4. The quantitative estimate of drug-likeness (QED) is 0.0400. The van der Waals surface area contributed by atoms with Crippen LogP contribution in [0.15, 0.2) is 30.3 Å². The van der Waals surface area contributed by atoms with Crippen LogP contribution < -0.4 is 21.3 Å². The van der Waals surface area contributed by atoms with E-state index in [0.717, 1.165) is 12.0 Å². The second-order valence-corrected chi connectivity index (χ2v) is 21.3. The molecule has 0 spiro atoms. The first-order valence-corrected chi connectivity index (χ1v) is 25.8. The Bertz CT molecular complexity index is 1780. The van der Waals surface area contributed by atoms with Crippen LogP contribution in [0.4, 0.5) is 4.79 Å². The summed E-state index contributed by atoms with van der Waals surface area (Å²) < 4.78 is 15.8. The Kier molecular flexibility index (Phi) is 29.6. The highest BCUT2D eigenvalue weighted by Gasteiger charge is 2.40. The van der Waals surface area contributed by atoms with Gasteiger partial charge in [-0.1, -0.05) is 120 Å². The van der Waals surface area contributed by atoms with Gasteiger partial charge in [0.25, 0.3) is 0 Å². The molecule has 1 aromatic carbocycles. The van der Waals surface area contributed by atoms with Crippen molar-refractivity contribution in [2.24, 2.45) is 40.9 Å². The molecule has 17 nitrogen and oxygen atoms in total. The standard InChI is InChI=1S/C54H94N6O11/c1-17-36(7)48(60(15)52(67)46(34(3)4)58-51(66)47(35(5)6)59(13)14)37(8)38(9)49(64)57-43(30-39-24-20-19-21-25-39)50(65)55-28-23-22-26-44(63)42(54(10,11)12)31-40(62)27-29-56-53(68)70-33-45(69-16)71-41(18-2)32-61/h19-21,24-25,34-38,41-43,45-48,61H,17-18,22-23,26-33H2,1-16H3,(H,55,65)(H,56,68)(H,57,64)(H,58,66)/t36-,37+,38?,41?,42+,43-,45?,46-,47-,48-/m1/s1. The Morgan fingerprint density at radius 1 is 0.761 bits per heavy atom. The summed E-state index contributed by atoms with van der Waals surface area (Å²) in [5.41, 5.74) is 0.365. The summed E-state index contributed by atoms with van der Waals surface area (Å²) in [5, 5.41) is 20.9.